The number of rotatable bonds is 2. The van der Waals surface area contributed by atoms with Crippen LogP contribution in [0.2, 0.25) is 0 Å². The molecule has 0 N–H and O–H groups in total. The summed E-state index contributed by atoms with van der Waals surface area (Å²) >= 11 is 0. The van der Waals surface area contributed by atoms with Gasteiger partial charge in [-0.15, -0.1) is 0 Å². The lowest BCUT2D eigenvalue weighted by Crippen LogP contribution is -2.30. The van der Waals surface area contributed by atoms with E-state index in [1.807, 2.05) is 0 Å². The zero-order chi connectivity index (χ0) is 8.16. The molecule has 1 nitrogen and oxygen atoms in total. The average molecular weight is 156 g/mol. The van der Waals surface area contributed by atoms with E-state index in [0.717, 1.165) is 6.61 Å². The van der Waals surface area contributed by atoms with E-state index in [4.69, 9.17) is 4.74 Å². The Bertz CT molecular complexity index is 95.4. The summed E-state index contributed by atoms with van der Waals surface area (Å²) in [5.74, 6) is 0. The molecule has 1 saturated heterocycles. The highest BCUT2D eigenvalue weighted by atomic mass is 16.5. The summed E-state index contributed by atoms with van der Waals surface area (Å²) in [5.41, 5.74) is 0.247. The van der Waals surface area contributed by atoms with Gasteiger partial charge in [-0.25, -0.2) is 0 Å². The molecule has 0 aromatic heterocycles. The molecule has 0 aliphatic carbocycles. The molecule has 0 radical (unpaired) electrons. The molecule has 0 aromatic rings. The fourth-order valence-corrected chi connectivity index (χ4v) is 1.89. The number of hydrogen-bond acceptors (Lipinski definition) is 1. The van der Waals surface area contributed by atoms with Gasteiger partial charge in [0.2, 0.25) is 0 Å². The summed E-state index contributed by atoms with van der Waals surface area (Å²) in [6.07, 6.45) is 7.64. The summed E-state index contributed by atoms with van der Waals surface area (Å²) in [6.45, 7) is 5.48. The van der Waals surface area contributed by atoms with Gasteiger partial charge in [-0.3, -0.25) is 0 Å². The Morgan fingerprint density at radius 1 is 1.09 bits per heavy atom. The van der Waals surface area contributed by atoms with E-state index in [1.54, 1.807) is 0 Å². The highest BCUT2D eigenvalue weighted by Gasteiger charge is 2.27. The highest BCUT2D eigenvalue weighted by Crippen LogP contribution is 2.30. The van der Waals surface area contributed by atoms with Gasteiger partial charge < -0.3 is 4.74 Å². The average Bonchev–Trinajstić information content (AvgIpc) is 2.30. The van der Waals surface area contributed by atoms with E-state index in [2.05, 4.69) is 13.8 Å². The molecule has 1 heteroatoms. The van der Waals surface area contributed by atoms with Gasteiger partial charge in [0, 0.05) is 6.61 Å². The molecule has 0 atom stereocenters. The van der Waals surface area contributed by atoms with Crippen LogP contribution in [0.15, 0.2) is 0 Å². The molecule has 1 fully saturated rings. The van der Waals surface area contributed by atoms with Crippen LogP contribution < -0.4 is 0 Å². The maximum Gasteiger partial charge on any atom is 0.0677 e. The normalized spacial score (nSPS) is 24.5. The monoisotopic (exact) mass is 156 g/mol. The molecule has 0 spiro atoms. The second-order valence-corrected chi connectivity index (χ2v) is 3.55. The minimum Gasteiger partial charge on any atom is -0.375 e. The van der Waals surface area contributed by atoms with Crippen molar-refractivity contribution >= 4 is 0 Å². The van der Waals surface area contributed by atoms with Crippen LogP contribution in [0.25, 0.3) is 0 Å². The van der Waals surface area contributed by atoms with Crippen molar-refractivity contribution in [2.45, 2.75) is 58.0 Å². The van der Waals surface area contributed by atoms with Gasteiger partial charge in [-0.05, 0) is 25.7 Å². The molecule has 1 aliphatic heterocycles. The fourth-order valence-electron chi connectivity index (χ4n) is 1.89. The van der Waals surface area contributed by atoms with Crippen molar-refractivity contribution < 1.29 is 4.74 Å². The number of ether oxygens (including phenoxy) is 1. The molecule has 11 heavy (non-hydrogen) atoms. The van der Waals surface area contributed by atoms with E-state index in [0.29, 0.717) is 0 Å². The number of hydrogen-bond donors (Lipinski definition) is 0. The van der Waals surface area contributed by atoms with E-state index in [1.165, 1.54) is 38.5 Å². The third kappa shape index (κ3) is 2.19. The summed E-state index contributed by atoms with van der Waals surface area (Å²) in [5, 5.41) is 0. The van der Waals surface area contributed by atoms with E-state index in [-0.39, 0.29) is 5.60 Å². The van der Waals surface area contributed by atoms with Crippen molar-refractivity contribution in [3.05, 3.63) is 0 Å². The zero-order valence-corrected chi connectivity index (χ0v) is 7.86. The first-order chi connectivity index (χ1) is 5.33. The molecule has 1 aliphatic rings. The van der Waals surface area contributed by atoms with Crippen LogP contribution >= 0.6 is 0 Å². The fraction of sp³-hybridized carbons (Fsp3) is 1.00. The molecular weight excluding hydrogens is 136 g/mol. The first-order valence-corrected chi connectivity index (χ1v) is 4.97. The SMILES string of the molecule is CCC1(CC)CCCCCO1. The van der Waals surface area contributed by atoms with Crippen LogP contribution in [0.1, 0.15) is 52.4 Å². The van der Waals surface area contributed by atoms with Gasteiger partial charge in [0.05, 0.1) is 5.60 Å². The molecule has 66 valence electrons. The van der Waals surface area contributed by atoms with Crippen molar-refractivity contribution in [1.82, 2.24) is 0 Å². The Kier molecular flexibility index (Phi) is 3.38. The minimum atomic E-state index is 0.247. The van der Waals surface area contributed by atoms with Crippen LogP contribution in [0.4, 0.5) is 0 Å². The van der Waals surface area contributed by atoms with Crippen LogP contribution in [-0.2, 0) is 4.74 Å². The largest absolute Gasteiger partial charge is 0.375 e. The first kappa shape index (κ1) is 9.05. The molecule has 1 rings (SSSR count). The van der Waals surface area contributed by atoms with Crippen molar-refractivity contribution in [1.29, 1.82) is 0 Å². The van der Waals surface area contributed by atoms with E-state index < -0.39 is 0 Å². The molecule has 0 bridgehead atoms. The summed E-state index contributed by atoms with van der Waals surface area (Å²) in [4.78, 5) is 0. The van der Waals surface area contributed by atoms with Gasteiger partial charge in [0.15, 0.2) is 0 Å². The maximum atomic E-state index is 5.89. The van der Waals surface area contributed by atoms with Crippen molar-refractivity contribution in [2.24, 2.45) is 0 Å². The Morgan fingerprint density at radius 2 is 1.82 bits per heavy atom. The van der Waals surface area contributed by atoms with E-state index in [9.17, 15) is 0 Å². The Morgan fingerprint density at radius 3 is 2.45 bits per heavy atom. The summed E-state index contributed by atoms with van der Waals surface area (Å²) < 4.78 is 5.89. The van der Waals surface area contributed by atoms with Crippen molar-refractivity contribution in [2.75, 3.05) is 6.61 Å². The predicted molar refractivity (Wildman–Crippen MR) is 47.7 cm³/mol. The summed E-state index contributed by atoms with van der Waals surface area (Å²) in [7, 11) is 0. The Balaban J connectivity index is 2.49. The lowest BCUT2D eigenvalue weighted by atomic mass is 9.91. The minimum absolute atomic E-state index is 0.247. The lowest BCUT2D eigenvalue weighted by molar-refractivity contribution is -0.0480. The van der Waals surface area contributed by atoms with Crippen molar-refractivity contribution in [3.8, 4) is 0 Å². The smallest absolute Gasteiger partial charge is 0.0677 e. The van der Waals surface area contributed by atoms with Crippen molar-refractivity contribution in [3.63, 3.8) is 0 Å². The third-order valence-corrected chi connectivity index (χ3v) is 2.97. The van der Waals surface area contributed by atoms with Crippen LogP contribution in [-0.4, -0.2) is 12.2 Å². The zero-order valence-electron chi connectivity index (χ0n) is 7.86. The van der Waals surface area contributed by atoms with Gasteiger partial charge in [0.1, 0.15) is 0 Å². The van der Waals surface area contributed by atoms with Gasteiger partial charge in [0.25, 0.3) is 0 Å². The van der Waals surface area contributed by atoms with Crippen LogP contribution in [0.5, 0.6) is 0 Å². The molecule has 0 aromatic carbocycles. The van der Waals surface area contributed by atoms with Crippen LogP contribution in [0.3, 0.4) is 0 Å². The van der Waals surface area contributed by atoms with Gasteiger partial charge >= 0.3 is 0 Å². The molecular formula is C10H20O. The quantitative estimate of drug-likeness (QED) is 0.597. The molecule has 0 saturated carbocycles. The van der Waals surface area contributed by atoms with E-state index >= 15 is 0 Å². The van der Waals surface area contributed by atoms with Gasteiger partial charge in [-0.2, -0.15) is 0 Å². The predicted octanol–water partition coefficient (Wildman–Crippen LogP) is 3.14. The third-order valence-electron chi connectivity index (χ3n) is 2.97. The topological polar surface area (TPSA) is 9.23 Å². The van der Waals surface area contributed by atoms with Crippen LogP contribution in [0, 0.1) is 0 Å². The Hall–Kier alpha value is -0.0400. The second kappa shape index (κ2) is 4.10. The highest BCUT2D eigenvalue weighted by molar-refractivity contribution is 4.79. The molecule has 0 amide bonds. The second-order valence-electron chi connectivity index (χ2n) is 3.55. The summed E-state index contributed by atoms with van der Waals surface area (Å²) in [6, 6.07) is 0. The molecule has 1 heterocycles. The maximum absolute atomic E-state index is 5.89. The van der Waals surface area contributed by atoms with Gasteiger partial charge in [-0.1, -0.05) is 26.7 Å². The molecule has 0 unspecified atom stereocenters. The Labute approximate surface area is 70.1 Å². The lowest BCUT2D eigenvalue weighted by Gasteiger charge is -2.30. The first-order valence-electron chi connectivity index (χ1n) is 4.97. The standard InChI is InChI=1S/C10H20O/c1-3-10(4-2)8-6-5-7-9-11-10/h3-9H2,1-2H3.